The summed E-state index contributed by atoms with van der Waals surface area (Å²) in [7, 11) is -1.06. The Balaban J connectivity index is 5.28. The number of rotatable bonds is 18. The summed E-state index contributed by atoms with van der Waals surface area (Å²) < 4.78 is 12.1. The molecule has 28 heavy (non-hydrogen) atoms. The second kappa shape index (κ2) is 15.5. The van der Waals surface area contributed by atoms with Crippen LogP contribution in [0.3, 0.4) is 0 Å². The van der Waals surface area contributed by atoms with Crippen molar-refractivity contribution < 1.29 is 4.74 Å². The fourth-order valence-corrected chi connectivity index (χ4v) is 24.3. The molecule has 0 bridgehead atoms. The number of ether oxygens (including phenoxy) is 1. The van der Waals surface area contributed by atoms with Gasteiger partial charge in [-0.25, -0.2) is 0 Å². The van der Waals surface area contributed by atoms with Crippen molar-refractivity contribution in [2.75, 3.05) is 6.61 Å². The Morgan fingerprint density at radius 1 is 0.893 bits per heavy atom. The average molecular weight is 518 g/mol. The maximum absolute atomic E-state index is 6.84. The van der Waals surface area contributed by atoms with Crippen molar-refractivity contribution in [2.45, 2.75) is 129 Å². The molecule has 0 heterocycles. The molecule has 3 heteroatoms. The van der Waals surface area contributed by atoms with Gasteiger partial charge in [0.25, 0.3) is 0 Å². The van der Waals surface area contributed by atoms with Gasteiger partial charge in [-0.05, 0) is 0 Å². The molecule has 0 aliphatic rings. The van der Waals surface area contributed by atoms with Crippen LogP contribution >= 0.6 is 0 Å². The molecule has 0 radical (unpaired) electrons. The summed E-state index contributed by atoms with van der Waals surface area (Å²) in [5.41, 5.74) is 1.43. The molecule has 1 unspecified atom stereocenters. The molecule has 168 valence electrons. The van der Waals surface area contributed by atoms with Crippen LogP contribution in [0.1, 0.15) is 86.0 Å². The topological polar surface area (TPSA) is 9.23 Å². The molecule has 0 aromatic rings. The molecule has 0 aromatic carbocycles. The van der Waals surface area contributed by atoms with Crippen molar-refractivity contribution >= 4 is 26.5 Å². The van der Waals surface area contributed by atoms with E-state index in [-0.39, 0.29) is 0 Å². The Bertz CT molecular complexity index is 378. The van der Waals surface area contributed by atoms with E-state index in [1.165, 1.54) is 56.6 Å². The van der Waals surface area contributed by atoms with Gasteiger partial charge in [-0.2, -0.15) is 0 Å². The Labute approximate surface area is 184 Å². The summed E-state index contributed by atoms with van der Waals surface area (Å²) in [4.78, 5) is 0. The summed E-state index contributed by atoms with van der Waals surface area (Å²) in [6.45, 7) is 24.6. The van der Waals surface area contributed by atoms with Gasteiger partial charge in [0.1, 0.15) is 0 Å². The first-order valence-electron chi connectivity index (χ1n) is 12.4. The maximum atomic E-state index is 6.84. The van der Waals surface area contributed by atoms with Gasteiger partial charge in [0, 0.05) is 0 Å². The number of hydrogen-bond acceptors (Lipinski definition) is 1. The van der Waals surface area contributed by atoms with Crippen LogP contribution in [-0.4, -0.2) is 37.2 Å². The quantitative estimate of drug-likeness (QED) is 0.130. The van der Waals surface area contributed by atoms with Crippen LogP contribution in [-0.2, 0) is 4.74 Å². The number of hydrogen-bond donors (Lipinski definition) is 0. The van der Waals surface area contributed by atoms with Crippen molar-refractivity contribution in [3.8, 4) is 0 Å². The SMILES string of the molecule is C=C(CCO[CH](CC(C)C)[Sn]([CH2]CCC)([CH2]CCC)[CH2]CCC)C[Si](C)(C)C. The Morgan fingerprint density at radius 2 is 1.36 bits per heavy atom. The van der Waals surface area contributed by atoms with Crippen molar-refractivity contribution in [2.24, 2.45) is 5.92 Å². The predicted octanol–water partition coefficient (Wildman–Crippen LogP) is 9.09. The van der Waals surface area contributed by atoms with Gasteiger partial charge in [0.15, 0.2) is 0 Å². The standard InChI is InChI=1S/C13H27OSi.3C4H9.Sn/c1-12(2)7-9-14-10-8-13(3)11-15(4,5)6;3*1-3-4-2;/h9,12H,3,7-8,10-11H2,1-2,4-6H3;3*1,3-4H2,2H3;. The van der Waals surface area contributed by atoms with E-state index in [4.69, 9.17) is 4.74 Å². The van der Waals surface area contributed by atoms with E-state index in [0.717, 1.165) is 18.9 Å². The first-order valence-corrected chi connectivity index (χ1v) is 23.8. The summed E-state index contributed by atoms with van der Waals surface area (Å²) in [5.74, 6) is 0.746. The van der Waals surface area contributed by atoms with Crippen molar-refractivity contribution in [1.29, 1.82) is 0 Å². The molecule has 0 rings (SSSR count). The summed E-state index contributed by atoms with van der Waals surface area (Å²) in [5, 5.41) is 0. The van der Waals surface area contributed by atoms with Crippen molar-refractivity contribution in [3.05, 3.63) is 12.2 Å². The zero-order valence-corrected chi connectivity index (χ0v) is 24.8. The third-order valence-electron chi connectivity index (χ3n) is 6.01. The van der Waals surface area contributed by atoms with E-state index in [1.807, 2.05) is 0 Å². The third-order valence-corrected chi connectivity index (χ3v) is 24.2. The van der Waals surface area contributed by atoms with E-state index in [9.17, 15) is 0 Å². The second-order valence-electron chi connectivity index (χ2n) is 10.9. The van der Waals surface area contributed by atoms with Crippen LogP contribution in [0.2, 0.25) is 39.0 Å². The Hall–Kier alpha value is 0.716. The first kappa shape index (κ1) is 28.7. The van der Waals surface area contributed by atoms with Gasteiger partial charge < -0.3 is 0 Å². The minimum atomic E-state index is -2.33. The molecule has 0 aliphatic carbocycles. The zero-order valence-electron chi connectivity index (χ0n) is 21.0. The van der Waals surface area contributed by atoms with Crippen molar-refractivity contribution in [3.63, 3.8) is 0 Å². The van der Waals surface area contributed by atoms with Crippen LogP contribution in [0.15, 0.2) is 12.2 Å². The van der Waals surface area contributed by atoms with Gasteiger partial charge in [0.05, 0.1) is 0 Å². The van der Waals surface area contributed by atoms with Crippen LogP contribution in [0.25, 0.3) is 0 Å². The molecule has 0 aromatic heterocycles. The van der Waals surface area contributed by atoms with Crippen LogP contribution in [0.5, 0.6) is 0 Å². The Morgan fingerprint density at radius 3 is 1.71 bits per heavy atom. The van der Waals surface area contributed by atoms with E-state index in [1.54, 1.807) is 13.3 Å². The normalized spacial score (nSPS) is 13.9. The predicted molar refractivity (Wildman–Crippen MR) is 136 cm³/mol. The molecule has 0 N–H and O–H groups in total. The summed E-state index contributed by atoms with van der Waals surface area (Å²) in [6.07, 6.45) is 10.7. The zero-order chi connectivity index (χ0) is 21.6. The van der Waals surface area contributed by atoms with Gasteiger partial charge >= 0.3 is 185 Å². The molecule has 1 atom stereocenters. The first-order chi connectivity index (χ1) is 13.1. The Kier molecular flexibility index (Phi) is 15.9. The van der Waals surface area contributed by atoms with Gasteiger partial charge in [-0.1, -0.05) is 0 Å². The van der Waals surface area contributed by atoms with E-state index < -0.39 is 26.5 Å². The molecule has 1 nitrogen and oxygen atoms in total. The molecule has 0 saturated carbocycles. The molecule has 0 spiro atoms. The van der Waals surface area contributed by atoms with Crippen LogP contribution in [0.4, 0.5) is 0 Å². The van der Waals surface area contributed by atoms with Crippen molar-refractivity contribution in [1.82, 2.24) is 0 Å². The average Bonchev–Trinajstić information content (AvgIpc) is 2.59. The second-order valence-corrected chi connectivity index (χ2v) is 30.3. The molecular weight excluding hydrogens is 463 g/mol. The third kappa shape index (κ3) is 13.1. The fourth-order valence-electron chi connectivity index (χ4n) is 4.55. The molecule has 0 aliphatic heterocycles. The minimum absolute atomic E-state index is 0.624. The molecular formula is C25H54OSiSn. The number of unbranched alkanes of at least 4 members (excludes halogenated alkanes) is 3. The van der Waals surface area contributed by atoms with Gasteiger partial charge in [-0.3, -0.25) is 0 Å². The fraction of sp³-hybridized carbons (Fsp3) is 0.920. The molecule has 0 amide bonds. The van der Waals surface area contributed by atoms with Crippen LogP contribution < -0.4 is 0 Å². The summed E-state index contributed by atoms with van der Waals surface area (Å²) in [6, 6.07) is 1.25. The van der Waals surface area contributed by atoms with E-state index in [2.05, 4.69) is 60.8 Å². The van der Waals surface area contributed by atoms with Gasteiger partial charge in [0.2, 0.25) is 0 Å². The van der Waals surface area contributed by atoms with Gasteiger partial charge in [-0.15, -0.1) is 0 Å². The van der Waals surface area contributed by atoms with E-state index in [0.29, 0.717) is 4.12 Å². The van der Waals surface area contributed by atoms with Crippen LogP contribution in [0, 0.1) is 5.92 Å². The van der Waals surface area contributed by atoms with E-state index >= 15 is 0 Å². The monoisotopic (exact) mass is 518 g/mol. The molecule has 0 saturated heterocycles. The summed E-state index contributed by atoms with van der Waals surface area (Å²) >= 11 is -2.33. The molecule has 0 fully saturated rings.